The van der Waals surface area contributed by atoms with Gasteiger partial charge in [0.05, 0.1) is 11.3 Å². The molecule has 5 heteroatoms. The van der Waals surface area contributed by atoms with Gasteiger partial charge in [-0.05, 0) is 36.1 Å². The lowest BCUT2D eigenvalue weighted by Crippen LogP contribution is -1.89. The van der Waals surface area contributed by atoms with Crippen LogP contribution in [0, 0.1) is 0 Å². The van der Waals surface area contributed by atoms with Crippen LogP contribution in [-0.4, -0.2) is 16.5 Å². The van der Waals surface area contributed by atoms with Crippen molar-refractivity contribution in [1.29, 1.82) is 0 Å². The molecule has 3 N–H and O–H groups in total. The average Bonchev–Trinajstić information content (AvgIpc) is 2.89. The van der Waals surface area contributed by atoms with Gasteiger partial charge in [0, 0.05) is 15.5 Å². The number of aromatic amines is 1. The smallest absolute Gasteiger partial charge is 0.153 e. The lowest BCUT2D eigenvalue weighted by Gasteiger charge is -2.06. The number of aromatic nitrogens is 2. The topological polar surface area (TPSA) is 54.7 Å². The molecule has 0 aliphatic heterocycles. The first-order chi connectivity index (χ1) is 10.2. The van der Waals surface area contributed by atoms with Gasteiger partial charge in [-0.3, -0.25) is 5.10 Å². The number of hydrogen-bond acceptors (Lipinski definition) is 3. The number of nitrogens with zero attached hydrogens (tertiary/aromatic N) is 1. The van der Waals surface area contributed by atoms with Crippen LogP contribution in [-0.2, 0) is 0 Å². The number of nitrogen functional groups attached to an aromatic ring is 1. The van der Waals surface area contributed by atoms with Crippen LogP contribution in [0.2, 0.25) is 5.02 Å². The molecule has 0 bridgehead atoms. The molecule has 3 rings (SSSR count). The van der Waals surface area contributed by atoms with Crippen molar-refractivity contribution in [1.82, 2.24) is 10.2 Å². The van der Waals surface area contributed by atoms with Gasteiger partial charge in [0.25, 0.3) is 0 Å². The molecule has 106 valence electrons. The molecule has 0 radical (unpaired) electrons. The number of thioether (sulfide) groups is 1. The molecular formula is C16H14ClN3S. The van der Waals surface area contributed by atoms with Crippen molar-refractivity contribution in [3.63, 3.8) is 0 Å². The molecular weight excluding hydrogens is 302 g/mol. The number of nitrogens with two attached hydrogens (primary N) is 1. The van der Waals surface area contributed by atoms with Crippen LogP contribution in [0.1, 0.15) is 0 Å². The van der Waals surface area contributed by atoms with E-state index in [1.165, 1.54) is 4.90 Å². The van der Waals surface area contributed by atoms with Crippen molar-refractivity contribution >= 4 is 29.2 Å². The first-order valence-electron chi connectivity index (χ1n) is 6.43. The van der Waals surface area contributed by atoms with Gasteiger partial charge in [0.2, 0.25) is 0 Å². The molecule has 0 fully saturated rings. The van der Waals surface area contributed by atoms with Crippen LogP contribution in [0.3, 0.4) is 0 Å². The quantitative estimate of drug-likeness (QED) is 0.689. The second-order valence-corrected chi connectivity index (χ2v) is 5.91. The second kappa shape index (κ2) is 5.84. The monoisotopic (exact) mass is 315 g/mol. The maximum Gasteiger partial charge on any atom is 0.153 e. The van der Waals surface area contributed by atoms with Crippen LogP contribution < -0.4 is 5.73 Å². The van der Waals surface area contributed by atoms with E-state index in [0.29, 0.717) is 10.8 Å². The largest absolute Gasteiger partial charge is 0.382 e. The Bertz CT molecular complexity index is 765. The summed E-state index contributed by atoms with van der Waals surface area (Å²) in [6, 6.07) is 15.9. The van der Waals surface area contributed by atoms with E-state index in [-0.39, 0.29) is 0 Å². The van der Waals surface area contributed by atoms with Crippen molar-refractivity contribution in [3.05, 3.63) is 53.6 Å². The highest BCUT2D eigenvalue weighted by Gasteiger charge is 2.14. The summed E-state index contributed by atoms with van der Waals surface area (Å²) in [5.41, 5.74) is 9.82. The standard InChI is InChI=1S/C16H14ClN3S/c1-21-13-7-5-10(6-8-13)15-14(16(18)20-19-15)11-3-2-4-12(17)9-11/h2-9H,1H3,(H3,18,19,20). The first kappa shape index (κ1) is 14.0. The van der Waals surface area contributed by atoms with Crippen LogP contribution in [0.4, 0.5) is 5.82 Å². The molecule has 2 aromatic carbocycles. The zero-order valence-electron chi connectivity index (χ0n) is 11.4. The summed E-state index contributed by atoms with van der Waals surface area (Å²) in [5.74, 6) is 0.473. The Morgan fingerprint density at radius 2 is 1.86 bits per heavy atom. The number of halogens is 1. The number of H-pyrrole nitrogens is 1. The highest BCUT2D eigenvalue weighted by Crippen LogP contribution is 2.36. The summed E-state index contributed by atoms with van der Waals surface area (Å²) in [7, 11) is 0. The maximum atomic E-state index is 6.08. The van der Waals surface area contributed by atoms with E-state index in [1.54, 1.807) is 11.8 Å². The summed E-state index contributed by atoms with van der Waals surface area (Å²) in [5, 5.41) is 7.84. The molecule has 0 amide bonds. The molecule has 0 atom stereocenters. The summed E-state index contributed by atoms with van der Waals surface area (Å²) in [4.78, 5) is 1.22. The van der Waals surface area contributed by atoms with E-state index in [0.717, 1.165) is 22.4 Å². The average molecular weight is 316 g/mol. The van der Waals surface area contributed by atoms with E-state index >= 15 is 0 Å². The third-order valence-electron chi connectivity index (χ3n) is 3.29. The van der Waals surface area contributed by atoms with Crippen molar-refractivity contribution < 1.29 is 0 Å². The highest BCUT2D eigenvalue weighted by atomic mass is 35.5. The zero-order valence-corrected chi connectivity index (χ0v) is 13.0. The van der Waals surface area contributed by atoms with Gasteiger partial charge in [0.15, 0.2) is 5.82 Å². The van der Waals surface area contributed by atoms with Crippen molar-refractivity contribution in [2.75, 3.05) is 12.0 Å². The Hall–Kier alpha value is -1.91. The Morgan fingerprint density at radius 1 is 1.10 bits per heavy atom. The fourth-order valence-corrected chi connectivity index (χ4v) is 2.86. The fraction of sp³-hybridized carbons (Fsp3) is 0.0625. The van der Waals surface area contributed by atoms with E-state index in [2.05, 4.69) is 40.7 Å². The van der Waals surface area contributed by atoms with Crippen molar-refractivity contribution in [2.24, 2.45) is 0 Å². The molecule has 1 heterocycles. The summed E-state index contributed by atoms with van der Waals surface area (Å²) in [6.45, 7) is 0. The lowest BCUT2D eigenvalue weighted by molar-refractivity contribution is 1.10. The van der Waals surface area contributed by atoms with Gasteiger partial charge in [-0.25, -0.2) is 0 Å². The molecule has 0 unspecified atom stereocenters. The molecule has 3 aromatic rings. The van der Waals surface area contributed by atoms with Gasteiger partial charge in [-0.1, -0.05) is 35.9 Å². The molecule has 0 aliphatic carbocycles. The summed E-state index contributed by atoms with van der Waals surface area (Å²) >= 11 is 7.79. The van der Waals surface area contributed by atoms with Gasteiger partial charge in [-0.15, -0.1) is 11.8 Å². The number of anilines is 1. The fourth-order valence-electron chi connectivity index (χ4n) is 2.26. The maximum absolute atomic E-state index is 6.08. The Balaban J connectivity index is 2.12. The van der Waals surface area contributed by atoms with Crippen LogP contribution in [0.25, 0.3) is 22.4 Å². The highest BCUT2D eigenvalue weighted by molar-refractivity contribution is 7.98. The molecule has 1 aromatic heterocycles. The van der Waals surface area contributed by atoms with Gasteiger partial charge >= 0.3 is 0 Å². The third kappa shape index (κ3) is 2.77. The van der Waals surface area contributed by atoms with Crippen LogP contribution in [0.15, 0.2) is 53.4 Å². The lowest BCUT2D eigenvalue weighted by atomic mass is 10.0. The molecule has 21 heavy (non-hydrogen) atoms. The predicted octanol–water partition coefficient (Wildman–Crippen LogP) is 4.70. The Morgan fingerprint density at radius 3 is 2.52 bits per heavy atom. The minimum absolute atomic E-state index is 0.473. The Labute approximate surface area is 132 Å². The molecule has 3 nitrogen and oxygen atoms in total. The number of nitrogens with one attached hydrogen (secondary N) is 1. The van der Waals surface area contributed by atoms with Crippen molar-refractivity contribution in [3.8, 4) is 22.4 Å². The number of hydrogen-bond donors (Lipinski definition) is 2. The minimum atomic E-state index is 0.473. The molecule has 0 saturated carbocycles. The van der Waals surface area contributed by atoms with Gasteiger partial charge in [0.1, 0.15) is 0 Å². The summed E-state index contributed by atoms with van der Waals surface area (Å²) < 4.78 is 0. The van der Waals surface area contributed by atoms with E-state index < -0.39 is 0 Å². The predicted molar refractivity (Wildman–Crippen MR) is 90.7 cm³/mol. The first-order valence-corrected chi connectivity index (χ1v) is 8.03. The van der Waals surface area contributed by atoms with E-state index in [4.69, 9.17) is 17.3 Å². The minimum Gasteiger partial charge on any atom is -0.382 e. The number of benzene rings is 2. The van der Waals surface area contributed by atoms with Crippen LogP contribution in [0.5, 0.6) is 0 Å². The molecule has 0 saturated heterocycles. The Kier molecular flexibility index (Phi) is 3.90. The molecule has 0 spiro atoms. The van der Waals surface area contributed by atoms with Gasteiger partial charge in [-0.2, -0.15) is 5.10 Å². The van der Waals surface area contributed by atoms with E-state index in [9.17, 15) is 0 Å². The third-order valence-corrected chi connectivity index (χ3v) is 4.26. The number of rotatable bonds is 3. The van der Waals surface area contributed by atoms with Crippen molar-refractivity contribution in [2.45, 2.75) is 4.90 Å². The SMILES string of the molecule is CSc1ccc(-c2[nH]nc(N)c2-c2cccc(Cl)c2)cc1. The van der Waals surface area contributed by atoms with Gasteiger partial charge < -0.3 is 5.73 Å². The second-order valence-electron chi connectivity index (χ2n) is 4.60. The van der Waals surface area contributed by atoms with Crippen LogP contribution >= 0.6 is 23.4 Å². The normalized spacial score (nSPS) is 10.8. The zero-order chi connectivity index (χ0) is 14.8. The molecule has 0 aliphatic rings. The van der Waals surface area contributed by atoms with E-state index in [1.807, 2.05) is 24.3 Å². The summed E-state index contributed by atoms with van der Waals surface area (Å²) in [6.07, 6.45) is 2.06.